The van der Waals surface area contributed by atoms with Gasteiger partial charge in [-0.15, -0.1) is 0 Å². The maximum atomic E-state index is 13.3. The lowest BCUT2D eigenvalue weighted by atomic mass is 9.92. The summed E-state index contributed by atoms with van der Waals surface area (Å²) >= 11 is 0. The van der Waals surface area contributed by atoms with Crippen LogP contribution in [0.2, 0.25) is 0 Å². The van der Waals surface area contributed by atoms with Crippen molar-refractivity contribution in [2.24, 2.45) is 5.92 Å². The van der Waals surface area contributed by atoms with Crippen LogP contribution in [-0.2, 0) is 0 Å². The highest BCUT2D eigenvalue weighted by atomic mass is 19.1. The van der Waals surface area contributed by atoms with E-state index in [1.807, 2.05) is 35.4 Å². The van der Waals surface area contributed by atoms with Gasteiger partial charge in [0.05, 0.1) is 6.20 Å². The van der Waals surface area contributed by atoms with Gasteiger partial charge in [0.1, 0.15) is 0 Å². The summed E-state index contributed by atoms with van der Waals surface area (Å²) in [5.41, 5.74) is -0.523. The minimum atomic E-state index is -1.20. The van der Waals surface area contributed by atoms with E-state index >= 15 is 0 Å². The highest BCUT2D eigenvalue weighted by molar-refractivity contribution is 5.98. The van der Waals surface area contributed by atoms with Gasteiger partial charge in [-0.2, -0.15) is 4.39 Å². The van der Waals surface area contributed by atoms with E-state index in [9.17, 15) is 23.6 Å². The van der Waals surface area contributed by atoms with Crippen molar-refractivity contribution in [3.8, 4) is 0 Å². The minimum absolute atomic E-state index is 0.0331. The van der Waals surface area contributed by atoms with E-state index in [1.165, 1.54) is 0 Å². The van der Waals surface area contributed by atoms with Crippen molar-refractivity contribution < 1.29 is 14.0 Å². The highest BCUT2D eigenvalue weighted by Crippen LogP contribution is 2.24. The number of aromatic amines is 2. The molecule has 0 radical (unpaired) electrons. The molecule has 0 aliphatic carbocycles. The van der Waals surface area contributed by atoms with Crippen LogP contribution in [0.25, 0.3) is 10.9 Å². The van der Waals surface area contributed by atoms with Crippen LogP contribution >= 0.6 is 0 Å². The maximum Gasteiger partial charge on any atom is 0.336 e. The van der Waals surface area contributed by atoms with Gasteiger partial charge in [0.25, 0.3) is 11.5 Å². The smallest absolute Gasteiger partial charge is 0.336 e. The number of piperidine rings is 1. The SMILES string of the molecule is O=C(c1ccc2cc[nH]c2c1)N1CCC(CCCNC(=O)n2cc(F)c(=O)[nH]c2=O)CC1. The first-order chi connectivity index (χ1) is 15.4. The molecule has 9 nitrogen and oxygen atoms in total. The van der Waals surface area contributed by atoms with E-state index in [2.05, 4.69) is 10.3 Å². The van der Waals surface area contributed by atoms with Gasteiger partial charge in [-0.1, -0.05) is 6.07 Å². The largest absolute Gasteiger partial charge is 0.361 e. The van der Waals surface area contributed by atoms with Crippen LogP contribution in [0.3, 0.4) is 0 Å². The Hall–Kier alpha value is -3.69. The molecule has 1 aliphatic heterocycles. The molecule has 0 unspecified atom stereocenters. The van der Waals surface area contributed by atoms with Crippen LogP contribution in [0.15, 0.2) is 46.2 Å². The van der Waals surface area contributed by atoms with Gasteiger partial charge in [0.2, 0.25) is 5.82 Å². The van der Waals surface area contributed by atoms with Gasteiger partial charge in [-0.3, -0.25) is 14.6 Å². The summed E-state index contributed by atoms with van der Waals surface area (Å²) in [6.45, 7) is 1.69. The Balaban J connectivity index is 1.21. The van der Waals surface area contributed by atoms with Crippen molar-refractivity contribution in [1.29, 1.82) is 0 Å². The molecular weight excluding hydrogens is 417 g/mol. The topological polar surface area (TPSA) is 120 Å². The number of hydrogen-bond donors (Lipinski definition) is 3. The number of hydrogen-bond acceptors (Lipinski definition) is 4. The maximum absolute atomic E-state index is 13.3. The summed E-state index contributed by atoms with van der Waals surface area (Å²) in [7, 11) is 0. The van der Waals surface area contributed by atoms with Crippen molar-refractivity contribution >= 4 is 22.8 Å². The lowest BCUT2D eigenvalue weighted by Gasteiger charge is -2.32. The predicted octanol–water partition coefficient (Wildman–Crippen LogP) is 2.05. The first kappa shape index (κ1) is 21.5. The molecule has 2 amide bonds. The molecule has 0 bridgehead atoms. The zero-order chi connectivity index (χ0) is 22.7. The van der Waals surface area contributed by atoms with Crippen molar-refractivity contribution in [2.45, 2.75) is 25.7 Å². The standard InChI is InChI=1S/C22H24FN5O4/c23-17-13-28(22(32)26-19(17)29)21(31)25-8-1-2-14-6-10-27(11-7-14)20(30)16-4-3-15-5-9-24-18(15)12-16/h3-5,9,12-14,24H,1-2,6-8,10-11H2,(H,25,31)(H,26,29,32). The second kappa shape index (κ2) is 9.21. The molecular formula is C22H24FN5O4. The van der Waals surface area contributed by atoms with E-state index in [-0.39, 0.29) is 5.91 Å². The summed E-state index contributed by atoms with van der Waals surface area (Å²) in [4.78, 5) is 54.2. The van der Waals surface area contributed by atoms with Gasteiger partial charge >= 0.3 is 11.7 Å². The number of halogens is 1. The number of rotatable bonds is 5. The zero-order valence-corrected chi connectivity index (χ0v) is 17.4. The minimum Gasteiger partial charge on any atom is -0.361 e. The fourth-order valence-electron chi connectivity index (χ4n) is 4.06. The number of aromatic nitrogens is 3. The fourth-order valence-corrected chi connectivity index (χ4v) is 4.06. The van der Waals surface area contributed by atoms with Crippen LogP contribution < -0.4 is 16.6 Å². The Bertz CT molecular complexity index is 1250. The van der Waals surface area contributed by atoms with Gasteiger partial charge in [-0.25, -0.2) is 14.2 Å². The quantitative estimate of drug-likeness (QED) is 0.525. The highest BCUT2D eigenvalue weighted by Gasteiger charge is 2.23. The summed E-state index contributed by atoms with van der Waals surface area (Å²) in [5.74, 6) is -0.727. The lowest BCUT2D eigenvalue weighted by molar-refractivity contribution is 0.0686. The number of fused-ring (bicyclic) bond motifs is 1. The molecule has 1 aromatic carbocycles. The van der Waals surface area contributed by atoms with E-state index in [0.29, 0.717) is 48.3 Å². The molecule has 1 aliphatic rings. The Labute approximate surface area is 182 Å². The van der Waals surface area contributed by atoms with Crippen molar-refractivity contribution in [2.75, 3.05) is 19.6 Å². The number of nitrogens with one attached hydrogen (secondary N) is 3. The third kappa shape index (κ3) is 4.63. The fraction of sp³-hybridized carbons (Fsp3) is 0.364. The number of likely N-dealkylation sites (tertiary alicyclic amines) is 1. The Morgan fingerprint density at radius 2 is 1.94 bits per heavy atom. The average molecular weight is 441 g/mol. The third-order valence-corrected chi connectivity index (χ3v) is 5.89. The molecule has 3 N–H and O–H groups in total. The van der Waals surface area contributed by atoms with Crippen LogP contribution in [0, 0.1) is 11.7 Å². The normalized spacial score (nSPS) is 14.6. The molecule has 10 heteroatoms. The Kier molecular flexibility index (Phi) is 6.20. The van der Waals surface area contributed by atoms with E-state index in [4.69, 9.17) is 0 Å². The number of carbonyl (C=O) groups excluding carboxylic acids is 2. The molecule has 32 heavy (non-hydrogen) atoms. The van der Waals surface area contributed by atoms with Crippen LogP contribution in [0.1, 0.15) is 36.0 Å². The monoisotopic (exact) mass is 441 g/mol. The van der Waals surface area contributed by atoms with Crippen LogP contribution in [0.5, 0.6) is 0 Å². The molecule has 3 heterocycles. The molecule has 0 spiro atoms. The number of benzene rings is 1. The van der Waals surface area contributed by atoms with E-state index in [1.54, 1.807) is 4.98 Å². The second-order valence-corrected chi connectivity index (χ2v) is 8.00. The lowest BCUT2D eigenvalue weighted by Crippen LogP contribution is -2.41. The van der Waals surface area contributed by atoms with Gasteiger partial charge < -0.3 is 15.2 Å². The summed E-state index contributed by atoms with van der Waals surface area (Å²) in [6.07, 6.45) is 5.75. The van der Waals surface area contributed by atoms with Gasteiger partial charge in [-0.05, 0) is 55.2 Å². The first-order valence-electron chi connectivity index (χ1n) is 10.6. The summed E-state index contributed by atoms with van der Waals surface area (Å²) in [6, 6.07) is 6.85. The number of carbonyl (C=O) groups is 2. The first-order valence-corrected chi connectivity index (χ1v) is 10.6. The Morgan fingerprint density at radius 1 is 1.16 bits per heavy atom. The number of H-pyrrole nitrogens is 2. The van der Waals surface area contributed by atoms with Crippen molar-refractivity contribution in [3.63, 3.8) is 0 Å². The van der Waals surface area contributed by atoms with Gasteiger partial charge in [0, 0.05) is 36.9 Å². The van der Waals surface area contributed by atoms with Crippen molar-refractivity contribution in [1.82, 2.24) is 24.8 Å². The van der Waals surface area contributed by atoms with Crippen LogP contribution in [-0.4, -0.2) is 51.0 Å². The van der Waals surface area contributed by atoms with E-state index in [0.717, 1.165) is 30.2 Å². The zero-order valence-electron chi connectivity index (χ0n) is 17.4. The van der Waals surface area contributed by atoms with E-state index < -0.39 is 23.1 Å². The third-order valence-electron chi connectivity index (χ3n) is 5.89. The molecule has 2 aromatic heterocycles. The number of nitrogens with zero attached hydrogens (tertiary/aromatic N) is 2. The molecule has 1 saturated heterocycles. The molecule has 4 rings (SSSR count). The van der Waals surface area contributed by atoms with Crippen molar-refractivity contribution in [3.05, 3.63) is 68.9 Å². The van der Waals surface area contributed by atoms with Gasteiger partial charge in [0.15, 0.2) is 0 Å². The average Bonchev–Trinajstić information content (AvgIpc) is 3.27. The molecule has 0 atom stereocenters. The predicted molar refractivity (Wildman–Crippen MR) is 116 cm³/mol. The second-order valence-electron chi connectivity index (χ2n) is 8.00. The molecule has 0 saturated carbocycles. The van der Waals surface area contributed by atoms with Crippen LogP contribution in [0.4, 0.5) is 9.18 Å². The summed E-state index contributed by atoms with van der Waals surface area (Å²) in [5, 5.41) is 3.63. The molecule has 3 aromatic rings. The number of amides is 2. The molecule has 1 fully saturated rings. The Morgan fingerprint density at radius 3 is 2.72 bits per heavy atom. The molecule has 168 valence electrons. The summed E-state index contributed by atoms with van der Waals surface area (Å²) < 4.78 is 13.8.